The van der Waals surface area contributed by atoms with E-state index in [0.717, 1.165) is 6.42 Å². The van der Waals surface area contributed by atoms with E-state index in [1.54, 1.807) is 0 Å². The third kappa shape index (κ3) is 2.35. The number of Topliss-reactive ketones (excluding diaryl/α,β-unsaturated/α-hetero) is 1. The second kappa shape index (κ2) is 5.31. The molecule has 19 heavy (non-hydrogen) atoms. The normalized spacial score (nSPS) is 22.1. The molecule has 1 N–H and O–H groups in total. The lowest BCUT2D eigenvalue weighted by molar-refractivity contribution is -0.117. The number of rotatable bonds is 3. The summed E-state index contributed by atoms with van der Waals surface area (Å²) < 4.78 is 0. The Kier molecular flexibility index (Phi) is 4.09. The van der Waals surface area contributed by atoms with E-state index >= 15 is 0 Å². The van der Waals surface area contributed by atoms with Gasteiger partial charge in [-0.3, -0.25) is 9.59 Å². The number of amides is 1. The van der Waals surface area contributed by atoms with Crippen LogP contribution in [0.3, 0.4) is 0 Å². The minimum absolute atomic E-state index is 0.162. The maximum atomic E-state index is 12.4. The van der Waals surface area contributed by atoms with Gasteiger partial charge in [-0.05, 0) is 18.6 Å². The highest BCUT2D eigenvalue weighted by Crippen LogP contribution is 2.41. The second-order valence-corrected chi connectivity index (χ2v) is 5.90. The fraction of sp³-hybridized carbons (Fsp3) is 0.385. The number of hydrogen-bond acceptors (Lipinski definition) is 2. The quantitative estimate of drug-likeness (QED) is 0.667. The summed E-state index contributed by atoms with van der Waals surface area (Å²) in [5, 5.41) is 3.03. The van der Waals surface area contributed by atoms with Crippen LogP contribution in [0, 0.1) is 0 Å². The molecule has 0 saturated heterocycles. The van der Waals surface area contributed by atoms with Crippen molar-refractivity contribution in [3.05, 3.63) is 27.7 Å². The number of fused-ring (bicyclic) bond motifs is 1. The number of benzene rings is 1. The summed E-state index contributed by atoms with van der Waals surface area (Å²) in [4.78, 5) is 23.0. The van der Waals surface area contributed by atoms with Crippen molar-refractivity contribution in [2.45, 2.75) is 31.1 Å². The Morgan fingerprint density at radius 2 is 1.95 bits per heavy atom. The summed E-state index contributed by atoms with van der Waals surface area (Å²) in [6.07, 6.45) is 1.85. The van der Waals surface area contributed by atoms with E-state index in [9.17, 15) is 9.59 Å². The van der Waals surface area contributed by atoms with Gasteiger partial charge < -0.3 is 5.32 Å². The predicted octanol–water partition coefficient (Wildman–Crippen LogP) is 4.30. The first-order valence-corrected chi connectivity index (χ1v) is 7.08. The number of carbonyl (C=O) groups excluding carboxylic acids is 2. The van der Waals surface area contributed by atoms with Gasteiger partial charge in [-0.25, -0.2) is 0 Å². The monoisotopic (exact) mass is 319 g/mol. The molecule has 0 bridgehead atoms. The SMILES string of the molecule is CCCCC1(Cl)C(=O)Nc2c(ccc(Cl)c2Cl)C1=O. The maximum absolute atomic E-state index is 12.4. The molecule has 1 aliphatic rings. The zero-order valence-corrected chi connectivity index (χ0v) is 12.5. The van der Waals surface area contributed by atoms with Gasteiger partial charge in [0.15, 0.2) is 10.7 Å². The van der Waals surface area contributed by atoms with Crippen molar-refractivity contribution in [1.82, 2.24) is 0 Å². The van der Waals surface area contributed by atoms with Crippen LogP contribution in [0.2, 0.25) is 10.0 Å². The van der Waals surface area contributed by atoms with E-state index < -0.39 is 16.6 Å². The number of nitrogens with one attached hydrogen (secondary N) is 1. The third-order valence-electron chi connectivity index (χ3n) is 3.17. The fourth-order valence-corrected chi connectivity index (χ4v) is 2.69. The minimum Gasteiger partial charge on any atom is -0.322 e. The number of alkyl halides is 1. The third-order valence-corrected chi connectivity index (χ3v) is 4.51. The summed E-state index contributed by atoms with van der Waals surface area (Å²) in [6.45, 7) is 1.97. The van der Waals surface area contributed by atoms with Gasteiger partial charge in [-0.2, -0.15) is 0 Å². The van der Waals surface area contributed by atoms with Crippen LogP contribution in [-0.4, -0.2) is 16.6 Å². The number of anilines is 1. The fourth-order valence-electron chi connectivity index (χ4n) is 2.04. The molecule has 0 aliphatic carbocycles. The molecule has 1 heterocycles. The van der Waals surface area contributed by atoms with Crippen LogP contribution in [0.5, 0.6) is 0 Å². The van der Waals surface area contributed by atoms with E-state index in [1.807, 2.05) is 6.92 Å². The first-order chi connectivity index (χ1) is 8.91. The van der Waals surface area contributed by atoms with E-state index in [0.29, 0.717) is 18.4 Å². The van der Waals surface area contributed by atoms with Gasteiger partial charge in [-0.1, -0.05) is 54.6 Å². The maximum Gasteiger partial charge on any atom is 0.253 e. The molecule has 3 nitrogen and oxygen atoms in total. The molecule has 2 rings (SSSR count). The molecule has 0 spiro atoms. The molecule has 0 saturated carbocycles. The Labute approximate surface area is 126 Å². The standard InChI is InChI=1S/C13H12Cl3NO2/c1-2-3-6-13(16)11(18)7-4-5-8(14)9(15)10(7)17-12(13)19/h4-5H,2-3,6H2,1H3,(H,17,19). The van der Waals surface area contributed by atoms with Crippen LogP contribution in [0.1, 0.15) is 36.5 Å². The minimum atomic E-state index is -1.54. The summed E-state index contributed by atoms with van der Waals surface area (Å²) >= 11 is 18.1. The summed E-state index contributed by atoms with van der Waals surface area (Å²) in [6, 6.07) is 3.06. The van der Waals surface area contributed by atoms with Crippen molar-refractivity contribution >= 4 is 52.2 Å². The van der Waals surface area contributed by atoms with Crippen molar-refractivity contribution in [1.29, 1.82) is 0 Å². The number of carbonyl (C=O) groups is 2. The number of halogens is 3. The van der Waals surface area contributed by atoms with Gasteiger partial charge in [0.1, 0.15) is 0 Å². The lowest BCUT2D eigenvalue weighted by atomic mass is 9.87. The van der Waals surface area contributed by atoms with Crippen LogP contribution >= 0.6 is 34.8 Å². The topological polar surface area (TPSA) is 46.2 Å². The van der Waals surface area contributed by atoms with Crippen LogP contribution in [-0.2, 0) is 4.79 Å². The molecule has 6 heteroatoms. The lowest BCUT2D eigenvalue weighted by Gasteiger charge is -2.30. The molecular weight excluding hydrogens is 309 g/mol. The molecule has 0 aromatic heterocycles. The van der Waals surface area contributed by atoms with Crippen molar-refractivity contribution < 1.29 is 9.59 Å². The molecule has 1 aromatic carbocycles. The van der Waals surface area contributed by atoms with Crippen molar-refractivity contribution in [3.8, 4) is 0 Å². The van der Waals surface area contributed by atoms with Crippen molar-refractivity contribution in [2.75, 3.05) is 5.32 Å². The average Bonchev–Trinajstić information content (AvgIpc) is 2.39. The first-order valence-electron chi connectivity index (χ1n) is 5.95. The number of unbranched alkanes of at least 4 members (excludes halogenated alkanes) is 1. The molecular formula is C13H12Cl3NO2. The van der Waals surface area contributed by atoms with Crippen LogP contribution in [0.4, 0.5) is 5.69 Å². The van der Waals surface area contributed by atoms with Gasteiger partial charge in [0.25, 0.3) is 5.91 Å². The van der Waals surface area contributed by atoms with Gasteiger partial charge in [0.2, 0.25) is 0 Å². The average molecular weight is 321 g/mol. The number of hydrogen-bond donors (Lipinski definition) is 1. The van der Waals surface area contributed by atoms with Crippen molar-refractivity contribution in [3.63, 3.8) is 0 Å². The lowest BCUT2D eigenvalue weighted by Crippen LogP contribution is -2.48. The van der Waals surface area contributed by atoms with Gasteiger partial charge in [0.05, 0.1) is 15.7 Å². The molecule has 1 amide bonds. The Morgan fingerprint density at radius 1 is 1.26 bits per heavy atom. The summed E-state index contributed by atoms with van der Waals surface area (Å²) in [5.74, 6) is -0.954. The largest absolute Gasteiger partial charge is 0.322 e. The van der Waals surface area contributed by atoms with Gasteiger partial charge in [0, 0.05) is 5.56 Å². The van der Waals surface area contributed by atoms with E-state index in [4.69, 9.17) is 34.8 Å². The molecule has 0 radical (unpaired) electrons. The first kappa shape index (κ1) is 14.6. The van der Waals surface area contributed by atoms with Gasteiger partial charge in [-0.15, -0.1) is 0 Å². The molecule has 1 aliphatic heterocycles. The van der Waals surface area contributed by atoms with E-state index in [1.165, 1.54) is 12.1 Å². The van der Waals surface area contributed by atoms with Gasteiger partial charge >= 0.3 is 0 Å². The Morgan fingerprint density at radius 3 is 2.58 bits per heavy atom. The smallest absolute Gasteiger partial charge is 0.253 e. The van der Waals surface area contributed by atoms with E-state index in [2.05, 4.69) is 5.32 Å². The van der Waals surface area contributed by atoms with Crippen molar-refractivity contribution in [2.24, 2.45) is 0 Å². The molecule has 1 unspecified atom stereocenters. The van der Waals surface area contributed by atoms with Crippen LogP contribution < -0.4 is 5.32 Å². The van der Waals surface area contributed by atoms with Crippen LogP contribution in [0.15, 0.2) is 12.1 Å². The number of ketones is 1. The summed E-state index contributed by atoms with van der Waals surface area (Å²) in [7, 11) is 0. The molecule has 0 fully saturated rings. The Hall–Kier alpha value is -0.770. The predicted molar refractivity (Wildman–Crippen MR) is 77.5 cm³/mol. The summed E-state index contributed by atoms with van der Waals surface area (Å²) in [5.41, 5.74) is 0.553. The Bertz CT molecular complexity index is 559. The van der Waals surface area contributed by atoms with Crippen LogP contribution in [0.25, 0.3) is 0 Å². The highest BCUT2D eigenvalue weighted by molar-refractivity contribution is 6.54. The highest BCUT2D eigenvalue weighted by Gasteiger charge is 2.48. The highest BCUT2D eigenvalue weighted by atomic mass is 35.5. The Balaban J connectivity index is 2.49. The second-order valence-electron chi connectivity index (χ2n) is 4.47. The zero-order chi connectivity index (χ0) is 14.2. The molecule has 1 atom stereocenters. The molecule has 102 valence electrons. The van der Waals surface area contributed by atoms with E-state index in [-0.39, 0.29) is 15.7 Å². The molecule has 1 aromatic rings. The zero-order valence-electron chi connectivity index (χ0n) is 10.2.